The molecule has 1 saturated heterocycles. The summed E-state index contributed by atoms with van der Waals surface area (Å²) in [6.07, 6.45) is 2.98. The van der Waals surface area contributed by atoms with Crippen LogP contribution in [-0.2, 0) is 0 Å². The van der Waals surface area contributed by atoms with Crippen LogP contribution in [0.15, 0.2) is 48.8 Å². The van der Waals surface area contributed by atoms with Crippen LogP contribution < -0.4 is 9.64 Å². The molecule has 122 valence electrons. The highest BCUT2D eigenvalue weighted by Crippen LogP contribution is 2.21. The molecule has 0 amide bonds. The van der Waals surface area contributed by atoms with Gasteiger partial charge in [-0.15, -0.1) is 0 Å². The lowest BCUT2D eigenvalue weighted by Gasteiger charge is -2.37. The van der Waals surface area contributed by atoms with Gasteiger partial charge in [-0.2, -0.15) is 0 Å². The summed E-state index contributed by atoms with van der Waals surface area (Å²) in [6.45, 7) is 4.48. The number of β-amino-alcohol motifs (C(OH)–C–C–N with tert-alkyl or cyclic N) is 1. The number of anilines is 1. The second kappa shape index (κ2) is 7.44. The molecule has 0 radical (unpaired) electrons. The molecule has 5 heteroatoms. The highest BCUT2D eigenvalue weighted by molar-refractivity contribution is 5.49. The Bertz CT molecular complexity index is 595. The third-order valence-electron chi connectivity index (χ3n) is 4.31. The second-order valence-corrected chi connectivity index (χ2v) is 5.79. The number of hydrogen-bond donors (Lipinski definition) is 1. The van der Waals surface area contributed by atoms with Crippen LogP contribution in [-0.4, -0.2) is 54.8 Å². The van der Waals surface area contributed by atoms with Crippen LogP contribution in [0, 0.1) is 0 Å². The summed E-state index contributed by atoms with van der Waals surface area (Å²) in [5.41, 5.74) is 2.10. The lowest BCUT2D eigenvalue weighted by Crippen LogP contribution is -2.47. The molecule has 1 atom stereocenters. The van der Waals surface area contributed by atoms with Crippen molar-refractivity contribution in [2.45, 2.75) is 6.10 Å². The Balaban J connectivity index is 1.52. The molecule has 2 aromatic rings. The van der Waals surface area contributed by atoms with Crippen molar-refractivity contribution >= 4 is 5.69 Å². The Morgan fingerprint density at radius 3 is 2.48 bits per heavy atom. The van der Waals surface area contributed by atoms with Crippen molar-refractivity contribution in [3.63, 3.8) is 0 Å². The number of aliphatic hydroxyl groups excluding tert-OH is 1. The lowest BCUT2D eigenvalue weighted by atomic mass is 10.1. The fourth-order valence-corrected chi connectivity index (χ4v) is 2.90. The van der Waals surface area contributed by atoms with Gasteiger partial charge in [-0.3, -0.25) is 9.88 Å². The minimum Gasteiger partial charge on any atom is -0.497 e. The minimum absolute atomic E-state index is 0.476. The van der Waals surface area contributed by atoms with E-state index in [-0.39, 0.29) is 0 Å². The molecular formula is C18H23N3O2. The molecule has 1 aliphatic heterocycles. The normalized spacial score (nSPS) is 17.0. The van der Waals surface area contributed by atoms with Gasteiger partial charge in [0, 0.05) is 56.4 Å². The third kappa shape index (κ3) is 4.00. The van der Waals surface area contributed by atoms with Gasteiger partial charge in [-0.05, 0) is 30.3 Å². The van der Waals surface area contributed by atoms with Crippen LogP contribution in [0.1, 0.15) is 11.7 Å². The number of aromatic nitrogens is 1. The summed E-state index contributed by atoms with van der Waals surface area (Å²) in [4.78, 5) is 8.74. The topological polar surface area (TPSA) is 48.8 Å². The van der Waals surface area contributed by atoms with Crippen molar-refractivity contribution in [1.82, 2.24) is 9.88 Å². The Hall–Kier alpha value is -2.11. The van der Waals surface area contributed by atoms with E-state index in [1.54, 1.807) is 19.5 Å². The quantitative estimate of drug-likeness (QED) is 0.914. The Morgan fingerprint density at radius 2 is 1.87 bits per heavy atom. The molecular weight excluding hydrogens is 290 g/mol. The van der Waals surface area contributed by atoms with Crippen molar-refractivity contribution in [3.8, 4) is 5.75 Å². The number of rotatable bonds is 5. The average Bonchev–Trinajstić information content (AvgIpc) is 2.63. The van der Waals surface area contributed by atoms with E-state index >= 15 is 0 Å². The standard InChI is InChI=1S/C18H23N3O2/c1-23-17-6-4-16(5-7-17)21-11-9-20(10-12-21)14-18(22)15-3-2-8-19-13-15/h2-8,13,18,22H,9-12,14H2,1H3. The predicted octanol–water partition coefficient (Wildman–Crippen LogP) is 1.95. The molecule has 2 heterocycles. The van der Waals surface area contributed by atoms with Crippen molar-refractivity contribution in [1.29, 1.82) is 0 Å². The van der Waals surface area contributed by atoms with Gasteiger partial charge >= 0.3 is 0 Å². The number of ether oxygens (including phenoxy) is 1. The van der Waals surface area contributed by atoms with Crippen molar-refractivity contribution in [2.75, 3.05) is 44.7 Å². The van der Waals surface area contributed by atoms with Gasteiger partial charge in [0.25, 0.3) is 0 Å². The first-order valence-electron chi connectivity index (χ1n) is 7.95. The maximum Gasteiger partial charge on any atom is 0.119 e. The molecule has 23 heavy (non-hydrogen) atoms. The number of hydrogen-bond acceptors (Lipinski definition) is 5. The first-order valence-corrected chi connectivity index (χ1v) is 7.95. The van der Waals surface area contributed by atoms with Crippen molar-refractivity contribution < 1.29 is 9.84 Å². The van der Waals surface area contributed by atoms with Crippen LogP contribution in [0.25, 0.3) is 0 Å². The zero-order valence-corrected chi connectivity index (χ0v) is 13.4. The molecule has 0 saturated carbocycles. The van der Waals surface area contributed by atoms with E-state index in [1.165, 1.54) is 5.69 Å². The van der Waals surface area contributed by atoms with Crippen LogP contribution in [0.2, 0.25) is 0 Å². The van der Waals surface area contributed by atoms with Crippen molar-refractivity contribution in [3.05, 3.63) is 54.4 Å². The van der Waals surface area contributed by atoms with Gasteiger partial charge in [0.15, 0.2) is 0 Å². The molecule has 1 aromatic heterocycles. The summed E-state index contributed by atoms with van der Waals surface area (Å²) < 4.78 is 5.20. The molecule has 0 spiro atoms. The van der Waals surface area contributed by atoms with Gasteiger partial charge in [0.05, 0.1) is 13.2 Å². The van der Waals surface area contributed by atoms with Gasteiger partial charge in [-0.25, -0.2) is 0 Å². The summed E-state index contributed by atoms with van der Waals surface area (Å²) in [5, 5.41) is 10.3. The monoisotopic (exact) mass is 313 g/mol. The van der Waals surface area contributed by atoms with E-state index in [9.17, 15) is 5.11 Å². The molecule has 0 bridgehead atoms. The van der Waals surface area contributed by atoms with Gasteiger partial charge < -0.3 is 14.7 Å². The highest BCUT2D eigenvalue weighted by atomic mass is 16.5. The maximum absolute atomic E-state index is 10.3. The molecule has 1 unspecified atom stereocenters. The molecule has 3 rings (SSSR count). The number of nitrogens with zero attached hydrogens (tertiary/aromatic N) is 3. The number of aliphatic hydroxyl groups is 1. The fourth-order valence-electron chi connectivity index (χ4n) is 2.90. The Labute approximate surface area is 137 Å². The van der Waals surface area contributed by atoms with Crippen molar-refractivity contribution in [2.24, 2.45) is 0 Å². The molecule has 1 aliphatic rings. The van der Waals surface area contributed by atoms with E-state index in [2.05, 4.69) is 26.9 Å². The highest BCUT2D eigenvalue weighted by Gasteiger charge is 2.20. The van der Waals surface area contributed by atoms with Gasteiger partial charge in [0.1, 0.15) is 5.75 Å². The zero-order valence-electron chi connectivity index (χ0n) is 13.4. The molecule has 5 nitrogen and oxygen atoms in total. The predicted molar refractivity (Wildman–Crippen MR) is 90.8 cm³/mol. The SMILES string of the molecule is COc1ccc(N2CCN(CC(O)c3cccnc3)CC2)cc1. The van der Waals surface area contributed by atoms with Crippen LogP contribution in [0.4, 0.5) is 5.69 Å². The van der Waals surface area contributed by atoms with Gasteiger partial charge in [-0.1, -0.05) is 6.07 Å². The van der Waals surface area contributed by atoms with E-state index in [0.29, 0.717) is 6.54 Å². The van der Waals surface area contributed by atoms with E-state index in [1.807, 2.05) is 24.3 Å². The smallest absolute Gasteiger partial charge is 0.119 e. The Morgan fingerprint density at radius 1 is 1.13 bits per heavy atom. The van der Waals surface area contributed by atoms with Crippen LogP contribution >= 0.6 is 0 Å². The van der Waals surface area contributed by atoms with E-state index in [0.717, 1.165) is 37.5 Å². The molecule has 0 aliphatic carbocycles. The minimum atomic E-state index is -0.476. The molecule has 1 fully saturated rings. The Kier molecular flexibility index (Phi) is 5.10. The van der Waals surface area contributed by atoms with Gasteiger partial charge in [0.2, 0.25) is 0 Å². The fraction of sp³-hybridized carbons (Fsp3) is 0.389. The number of piperazine rings is 1. The third-order valence-corrected chi connectivity index (χ3v) is 4.31. The summed E-state index contributed by atoms with van der Waals surface area (Å²) in [5.74, 6) is 0.881. The van der Waals surface area contributed by atoms with E-state index in [4.69, 9.17) is 4.74 Å². The number of benzene rings is 1. The zero-order chi connectivity index (χ0) is 16.1. The summed E-state index contributed by atoms with van der Waals surface area (Å²) >= 11 is 0. The first kappa shape index (κ1) is 15.8. The molecule has 1 aromatic carbocycles. The first-order chi connectivity index (χ1) is 11.3. The second-order valence-electron chi connectivity index (χ2n) is 5.79. The largest absolute Gasteiger partial charge is 0.497 e. The average molecular weight is 313 g/mol. The summed E-state index contributed by atoms with van der Waals surface area (Å²) in [7, 11) is 1.68. The summed E-state index contributed by atoms with van der Waals surface area (Å²) in [6, 6.07) is 12.0. The lowest BCUT2D eigenvalue weighted by molar-refractivity contribution is 0.109. The number of pyridine rings is 1. The molecule has 1 N–H and O–H groups in total. The number of methoxy groups -OCH3 is 1. The van der Waals surface area contributed by atoms with Crippen LogP contribution in [0.5, 0.6) is 5.75 Å². The van der Waals surface area contributed by atoms with Crippen LogP contribution in [0.3, 0.4) is 0 Å². The van der Waals surface area contributed by atoms with E-state index < -0.39 is 6.10 Å². The maximum atomic E-state index is 10.3.